The normalized spacial score (nSPS) is 14.2. The lowest BCUT2D eigenvalue weighted by Gasteiger charge is -2.30. The molecule has 13 nitrogen and oxygen atoms in total. The van der Waals surface area contributed by atoms with Crippen molar-refractivity contribution in [1.82, 2.24) is 10.6 Å². The second-order valence-corrected chi connectivity index (χ2v) is 10.9. The fourth-order valence-electron chi connectivity index (χ4n) is 3.43. The van der Waals surface area contributed by atoms with Gasteiger partial charge in [0.15, 0.2) is 0 Å². The van der Waals surface area contributed by atoms with Crippen molar-refractivity contribution in [1.29, 1.82) is 0 Å². The van der Waals surface area contributed by atoms with Crippen LogP contribution in [0.2, 0.25) is 0 Å². The molecule has 0 aliphatic heterocycles. The minimum absolute atomic E-state index is 0.210. The maximum absolute atomic E-state index is 13.2. The molecule has 0 aliphatic carbocycles. The van der Waals surface area contributed by atoms with Crippen molar-refractivity contribution in [2.75, 3.05) is 36.7 Å². The number of carbonyl (C=O) groups is 5. The number of anilines is 1. The quantitative estimate of drug-likeness (QED) is 0.172. The Bertz CT molecular complexity index is 995. The van der Waals surface area contributed by atoms with Gasteiger partial charge in [-0.15, -0.1) is 11.3 Å². The smallest absolute Gasteiger partial charge is 0.322 e. The lowest BCUT2D eigenvalue weighted by atomic mass is 10.1. The molecule has 3 amide bonds. The Balaban J connectivity index is 3.01. The van der Waals surface area contributed by atoms with Crippen LogP contribution >= 0.6 is 11.3 Å². The highest BCUT2D eigenvalue weighted by Gasteiger charge is 2.30. The average molecular weight is 563 g/mol. The first kappa shape index (κ1) is 32.1. The predicted octanol–water partition coefficient (Wildman–Crippen LogP) is -0.641. The Morgan fingerprint density at radius 1 is 1.22 bits per heavy atom. The minimum Gasteiger partial charge on any atom is -0.480 e. The highest BCUT2D eigenvalue weighted by atomic mass is 32.2. The first-order valence-corrected chi connectivity index (χ1v) is 13.6. The van der Waals surface area contributed by atoms with Gasteiger partial charge in [0.2, 0.25) is 17.7 Å². The van der Waals surface area contributed by atoms with Crippen molar-refractivity contribution >= 4 is 57.5 Å². The third-order valence-electron chi connectivity index (χ3n) is 5.18. The molecule has 0 bridgehead atoms. The van der Waals surface area contributed by atoms with Crippen LogP contribution in [-0.2, 0) is 39.5 Å². The van der Waals surface area contributed by atoms with Crippen LogP contribution in [0.25, 0.3) is 0 Å². The Labute approximate surface area is 221 Å². The molecular formula is C22H34N4O9S2. The van der Waals surface area contributed by atoms with Crippen LogP contribution < -0.4 is 21.3 Å². The van der Waals surface area contributed by atoms with Crippen molar-refractivity contribution in [2.45, 2.75) is 51.7 Å². The molecular weight excluding hydrogens is 528 g/mol. The number of hydrogen-bond donors (Lipinski definition) is 5. The number of aryl methyl sites for hydroxylation is 2. The molecule has 0 spiro atoms. The standard InChI is InChI=1S/C22H34N4O9S2/c1-12-9-36-14(3)20(12)26(13(2)8-35-4)18(28)11-37(34)10-16(21(31)24-7-19(29)30)25-17(27)6-5-15(23)22(32)33/h9,13,15-16H,5-8,10-11,23H2,1-4H3,(H,24,31)(H,25,27)(H,29,30)(H,32,33)/t13?,15-,16-,37?/m0/s1. The summed E-state index contributed by atoms with van der Waals surface area (Å²) in [7, 11) is -0.441. The molecule has 2 unspecified atom stereocenters. The zero-order valence-corrected chi connectivity index (χ0v) is 22.8. The molecule has 0 radical (unpaired) electrons. The summed E-state index contributed by atoms with van der Waals surface area (Å²) in [5.74, 6) is -5.69. The second-order valence-electron chi connectivity index (χ2n) is 8.36. The predicted molar refractivity (Wildman–Crippen MR) is 138 cm³/mol. The molecule has 1 rings (SSSR count). The third kappa shape index (κ3) is 10.6. The first-order valence-electron chi connectivity index (χ1n) is 11.3. The van der Waals surface area contributed by atoms with Crippen LogP contribution in [0, 0.1) is 13.8 Å². The van der Waals surface area contributed by atoms with E-state index in [9.17, 15) is 28.2 Å². The van der Waals surface area contributed by atoms with Crippen molar-refractivity contribution in [3.05, 3.63) is 15.8 Å². The number of rotatable bonds is 16. The van der Waals surface area contributed by atoms with Gasteiger partial charge in [0.25, 0.3) is 0 Å². The number of aliphatic carboxylic acids is 2. The summed E-state index contributed by atoms with van der Waals surface area (Å²) in [4.78, 5) is 62.1. The molecule has 1 aromatic heterocycles. The molecule has 0 aliphatic rings. The summed E-state index contributed by atoms with van der Waals surface area (Å²) in [6.45, 7) is 4.98. The molecule has 37 heavy (non-hydrogen) atoms. The van der Waals surface area contributed by atoms with Gasteiger partial charge in [0.1, 0.15) is 24.4 Å². The summed E-state index contributed by atoms with van der Waals surface area (Å²) in [5.41, 5.74) is 6.94. The maximum Gasteiger partial charge on any atom is 0.322 e. The van der Waals surface area contributed by atoms with E-state index in [1.54, 1.807) is 6.92 Å². The van der Waals surface area contributed by atoms with E-state index < -0.39 is 70.6 Å². The number of carbonyl (C=O) groups excluding carboxylic acids is 3. The minimum atomic E-state index is -1.94. The molecule has 0 saturated carbocycles. The van der Waals surface area contributed by atoms with Gasteiger partial charge in [-0.25, -0.2) is 0 Å². The average Bonchev–Trinajstić information content (AvgIpc) is 3.13. The topological polar surface area (TPSA) is 205 Å². The molecule has 15 heteroatoms. The third-order valence-corrected chi connectivity index (χ3v) is 7.47. The van der Waals surface area contributed by atoms with Gasteiger partial charge in [-0.2, -0.15) is 0 Å². The van der Waals surface area contributed by atoms with E-state index in [0.717, 1.165) is 10.4 Å². The molecule has 1 heterocycles. The van der Waals surface area contributed by atoms with Gasteiger partial charge in [0, 0.05) is 29.2 Å². The van der Waals surface area contributed by atoms with E-state index in [2.05, 4.69) is 10.6 Å². The molecule has 6 N–H and O–H groups in total. The summed E-state index contributed by atoms with van der Waals surface area (Å²) in [6, 6.07) is -3.09. The summed E-state index contributed by atoms with van der Waals surface area (Å²) >= 11 is 1.46. The van der Waals surface area contributed by atoms with Crippen LogP contribution in [0.3, 0.4) is 0 Å². The van der Waals surface area contributed by atoms with E-state index >= 15 is 0 Å². The van der Waals surface area contributed by atoms with Gasteiger partial charge in [-0.1, -0.05) is 0 Å². The Morgan fingerprint density at radius 3 is 2.38 bits per heavy atom. The molecule has 0 fully saturated rings. The number of carboxylic acid groups (broad SMARTS) is 2. The lowest BCUT2D eigenvalue weighted by molar-refractivity contribution is -0.139. The highest BCUT2D eigenvalue weighted by Crippen LogP contribution is 2.32. The van der Waals surface area contributed by atoms with Gasteiger partial charge in [-0.3, -0.25) is 28.2 Å². The fraction of sp³-hybridized carbons (Fsp3) is 0.591. The van der Waals surface area contributed by atoms with E-state index in [4.69, 9.17) is 20.7 Å². The second kappa shape index (κ2) is 15.4. The van der Waals surface area contributed by atoms with Crippen LogP contribution in [-0.4, -0.2) is 94.0 Å². The van der Waals surface area contributed by atoms with E-state index in [0.29, 0.717) is 5.69 Å². The maximum atomic E-state index is 13.2. The molecule has 208 valence electrons. The Morgan fingerprint density at radius 2 is 1.86 bits per heavy atom. The monoisotopic (exact) mass is 562 g/mol. The molecule has 0 saturated heterocycles. The number of nitrogens with two attached hydrogens (primary N) is 1. The zero-order chi connectivity index (χ0) is 28.3. The van der Waals surface area contributed by atoms with Crippen molar-refractivity contribution < 1.29 is 43.1 Å². The Hall–Kier alpha value is -2.88. The zero-order valence-electron chi connectivity index (χ0n) is 21.1. The molecule has 4 atom stereocenters. The summed E-state index contributed by atoms with van der Waals surface area (Å²) in [5, 5.41) is 24.0. The lowest BCUT2D eigenvalue weighted by Crippen LogP contribution is -2.51. The van der Waals surface area contributed by atoms with Crippen LogP contribution in [0.5, 0.6) is 0 Å². The van der Waals surface area contributed by atoms with E-state index in [1.807, 2.05) is 19.2 Å². The molecule has 1 aromatic rings. The number of nitrogens with one attached hydrogen (secondary N) is 2. The number of amides is 3. The Kier molecular flexibility index (Phi) is 13.4. The number of ether oxygens (including phenoxy) is 1. The van der Waals surface area contributed by atoms with E-state index in [-0.39, 0.29) is 25.5 Å². The number of methoxy groups -OCH3 is 1. The van der Waals surface area contributed by atoms with Gasteiger partial charge in [-0.05, 0) is 38.1 Å². The van der Waals surface area contributed by atoms with Crippen molar-refractivity contribution in [3.63, 3.8) is 0 Å². The largest absolute Gasteiger partial charge is 0.480 e. The van der Waals surface area contributed by atoms with E-state index in [1.165, 1.54) is 23.3 Å². The van der Waals surface area contributed by atoms with Crippen LogP contribution in [0.1, 0.15) is 30.2 Å². The van der Waals surface area contributed by atoms with Gasteiger partial charge >= 0.3 is 11.9 Å². The number of nitrogens with zero attached hydrogens (tertiary/aromatic N) is 1. The number of hydrogen-bond acceptors (Lipinski definition) is 9. The summed E-state index contributed by atoms with van der Waals surface area (Å²) < 4.78 is 18.2. The van der Waals surface area contributed by atoms with Crippen LogP contribution in [0.4, 0.5) is 5.69 Å². The first-order chi connectivity index (χ1) is 17.3. The highest BCUT2D eigenvalue weighted by molar-refractivity contribution is 7.85. The fourth-order valence-corrected chi connectivity index (χ4v) is 5.40. The molecule has 0 aromatic carbocycles. The number of thiophene rings is 1. The van der Waals surface area contributed by atoms with Gasteiger partial charge in [0.05, 0.1) is 24.1 Å². The SMILES string of the molecule is COCC(C)N(C(=O)CS(=O)C[C@H](NC(=O)CC[C@H](N)C(=O)O)C(=O)NCC(=O)O)c1c(C)csc1C. The summed E-state index contributed by atoms with van der Waals surface area (Å²) in [6.07, 6.45) is -0.543. The number of carboxylic acids is 2. The van der Waals surface area contributed by atoms with Crippen LogP contribution in [0.15, 0.2) is 5.38 Å². The van der Waals surface area contributed by atoms with Crippen molar-refractivity contribution in [2.24, 2.45) is 5.73 Å². The van der Waals surface area contributed by atoms with Gasteiger partial charge < -0.3 is 36.2 Å². The van der Waals surface area contributed by atoms with Crippen molar-refractivity contribution in [3.8, 4) is 0 Å².